The minimum Gasteiger partial charge on any atom is -0.444 e. The Morgan fingerprint density at radius 2 is 1.67 bits per heavy atom. The highest BCUT2D eigenvalue weighted by atomic mass is 19.1. The Labute approximate surface area is 263 Å². The summed E-state index contributed by atoms with van der Waals surface area (Å²) < 4.78 is 19.0. The molecule has 1 aliphatic heterocycles. The van der Waals surface area contributed by atoms with Crippen molar-refractivity contribution in [1.29, 1.82) is 0 Å². The van der Waals surface area contributed by atoms with E-state index in [1.807, 2.05) is 42.5 Å². The highest BCUT2D eigenvalue weighted by molar-refractivity contribution is 5.95. The molecule has 0 aliphatic carbocycles. The maximum absolute atomic E-state index is 14.1. The van der Waals surface area contributed by atoms with E-state index < -0.39 is 41.5 Å². The number of carbonyl (C=O) groups excluding carboxylic acids is 4. The van der Waals surface area contributed by atoms with Crippen molar-refractivity contribution in [3.63, 3.8) is 0 Å². The zero-order chi connectivity index (χ0) is 32.7. The number of likely N-dealkylation sites (N-methyl/N-ethyl adjacent to an activating group) is 1. The molecule has 0 bridgehead atoms. The van der Waals surface area contributed by atoms with Crippen LogP contribution in [0.25, 0.3) is 10.8 Å². The molecule has 4 rings (SSSR count). The largest absolute Gasteiger partial charge is 0.444 e. The maximum Gasteiger partial charge on any atom is 0.408 e. The summed E-state index contributed by atoms with van der Waals surface area (Å²) in [6.45, 7) is 9.17. The van der Waals surface area contributed by atoms with Crippen LogP contribution >= 0.6 is 0 Å². The molecule has 1 fully saturated rings. The third-order valence-corrected chi connectivity index (χ3v) is 7.71. The fourth-order valence-electron chi connectivity index (χ4n) is 5.57. The van der Waals surface area contributed by atoms with Gasteiger partial charge in [0.1, 0.15) is 29.5 Å². The second-order valence-electron chi connectivity index (χ2n) is 12.1. The summed E-state index contributed by atoms with van der Waals surface area (Å²) >= 11 is 0. The molecule has 10 heteroatoms. The van der Waals surface area contributed by atoms with E-state index in [1.165, 1.54) is 41.1 Å². The van der Waals surface area contributed by atoms with Crippen LogP contribution in [0.2, 0.25) is 0 Å². The van der Waals surface area contributed by atoms with Crippen molar-refractivity contribution in [3.05, 3.63) is 96.3 Å². The first kappa shape index (κ1) is 33.2. The van der Waals surface area contributed by atoms with Crippen LogP contribution in [0.1, 0.15) is 38.3 Å². The molecule has 3 aromatic rings. The fourth-order valence-corrected chi connectivity index (χ4v) is 5.57. The number of amides is 4. The lowest BCUT2D eigenvalue weighted by Gasteiger charge is -2.44. The first-order valence-corrected chi connectivity index (χ1v) is 15.0. The Morgan fingerprint density at radius 1 is 1.00 bits per heavy atom. The number of carbonyl (C=O) groups is 4. The van der Waals surface area contributed by atoms with Gasteiger partial charge in [-0.05, 0) is 61.2 Å². The topological polar surface area (TPSA) is 108 Å². The van der Waals surface area contributed by atoms with Gasteiger partial charge in [0.25, 0.3) is 0 Å². The van der Waals surface area contributed by atoms with Gasteiger partial charge in [0.15, 0.2) is 0 Å². The van der Waals surface area contributed by atoms with Crippen LogP contribution in [0.3, 0.4) is 0 Å². The number of hydrogen-bond acceptors (Lipinski definition) is 5. The van der Waals surface area contributed by atoms with Crippen LogP contribution in [-0.4, -0.2) is 77.5 Å². The lowest BCUT2D eigenvalue weighted by molar-refractivity contribution is -0.156. The van der Waals surface area contributed by atoms with Gasteiger partial charge in [-0.3, -0.25) is 14.4 Å². The van der Waals surface area contributed by atoms with Crippen LogP contribution in [0.15, 0.2) is 79.4 Å². The quantitative estimate of drug-likeness (QED) is 0.329. The molecule has 0 spiro atoms. The van der Waals surface area contributed by atoms with E-state index in [0.717, 1.165) is 16.3 Å². The molecular weight excluding hydrogens is 575 g/mol. The molecule has 45 heavy (non-hydrogen) atoms. The lowest BCUT2D eigenvalue weighted by Crippen LogP contribution is -2.65. The minimum absolute atomic E-state index is 0.0520. The van der Waals surface area contributed by atoms with Crippen molar-refractivity contribution >= 4 is 34.6 Å². The smallest absolute Gasteiger partial charge is 0.408 e. The molecule has 0 radical (unpaired) electrons. The van der Waals surface area contributed by atoms with Crippen LogP contribution in [0, 0.1) is 5.82 Å². The summed E-state index contributed by atoms with van der Waals surface area (Å²) in [5.74, 6) is -1.61. The second-order valence-corrected chi connectivity index (χ2v) is 12.1. The van der Waals surface area contributed by atoms with Crippen LogP contribution < -0.4 is 10.6 Å². The molecule has 1 aliphatic rings. The molecule has 2 N–H and O–H groups in total. The first-order chi connectivity index (χ1) is 21.4. The average molecular weight is 617 g/mol. The molecule has 238 valence electrons. The summed E-state index contributed by atoms with van der Waals surface area (Å²) in [6.07, 6.45) is 1.26. The monoisotopic (exact) mass is 616 g/mol. The summed E-state index contributed by atoms with van der Waals surface area (Å²) in [4.78, 5) is 57.1. The highest BCUT2D eigenvalue weighted by Crippen LogP contribution is 2.24. The molecular formula is C35H41FN4O5. The predicted octanol–water partition coefficient (Wildman–Crippen LogP) is 4.39. The summed E-state index contributed by atoms with van der Waals surface area (Å²) in [7, 11) is 1.53. The Balaban J connectivity index is 1.60. The number of benzene rings is 3. The molecule has 3 aromatic carbocycles. The number of hydrogen-bond donors (Lipinski definition) is 2. The predicted molar refractivity (Wildman–Crippen MR) is 171 cm³/mol. The van der Waals surface area contributed by atoms with E-state index in [2.05, 4.69) is 17.2 Å². The number of fused-ring (bicyclic) bond motifs is 1. The lowest BCUT2D eigenvalue weighted by atomic mass is 9.97. The van der Waals surface area contributed by atoms with Crippen molar-refractivity contribution in [1.82, 2.24) is 20.4 Å². The molecule has 3 atom stereocenters. The van der Waals surface area contributed by atoms with Gasteiger partial charge in [0.2, 0.25) is 17.7 Å². The van der Waals surface area contributed by atoms with Gasteiger partial charge in [-0.2, -0.15) is 0 Å². The van der Waals surface area contributed by atoms with Gasteiger partial charge >= 0.3 is 6.09 Å². The Kier molecular flexibility index (Phi) is 10.6. The number of halogens is 1. The van der Waals surface area contributed by atoms with E-state index in [0.29, 0.717) is 12.0 Å². The number of nitrogens with one attached hydrogen (secondary N) is 2. The van der Waals surface area contributed by atoms with Crippen LogP contribution in [0.5, 0.6) is 0 Å². The number of ether oxygens (including phenoxy) is 1. The Morgan fingerprint density at radius 3 is 2.31 bits per heavy atom. The van der Waals surface area contributed by atoms with Gasteiger partial charge in [-0.1, -0.05) is 60.7 Å². The number of nitrogens with zero attached hydrogens (tertiary/aromatic N) is 2. The highest BCUT2D eigenvalue weighted by Gasteiger charge is 2.43. The summed E-state index contributed by atoms with van der Waals surface area (Å²) in [6, 6.07) is 16.7. The van der Waals surface area contributed by atoms with Crippen molar-refractivity contribution in [2.75, 3.05) is 20.1 Å². The van der Waals surface area contributed by atoms with Gasteiger partial charge < -0.3 is 25.2 Å². The zero-order valence-electron chi connectivity index (χ0n) is 26.2. The summed E-state index contributed by atoms with van der Waals surface area (Å²) in [5.41, 5.74) is 0.710. The third kappa shape index (κ3) is 8.47. The van der Waals surface area contributed by atoms with Crippen LogP contribution in [-0.2, 0) is 32.0 Å². The maximum atomic E-state index is 14.1. The van der Waals surface area contributed by atoms with Crippen molar-refractivity contribution in [2.45, 2.75) is 63.8 Å². The van der Waals surface area contributed by atoms with Gasteiger partial charge in [-0.25, -0.2) is 9.18 Å². The number of rotatable bonds is 10. The van der Waals surface area contributed by atoms with E-state index in [4.69, 9.17) is 4.74 Å². The molecule has 4 amide bonds. The molecule has 9 nitrogen and oxygen atoms in total. The Bertz CT molecular complexity index is 1550. The van der Waals surface area contributed by atoms with Crippen molar-refractivity contribution < 1.29 is 28.3 Å². The average Bonchev–Trinajstić information content (AvgIpc) is 3.00. The minimum atomic E-state index is -1.09. The Hall–Kier alpha value is -4.73. The number of alkyl carbamates (subject to hydrolysis) is 1. The fraction of sp³-hybridized carbons (Fsp3) is 0.371. The van der Waals surface area contributed by atoms with Gasteiger partial charge in [-0.15, -0.1) is 6.58 Å². The van der Waals surface area contributed by atoms with E-state index in [-0.39, 0.29) is 37.7 Å². The molecule has 1 heterocycles. The second kappa shape index (κ2) is 14.4. The normalized spacial score (nSPS) is 16.6. The molecule has 0 unspecified atom stereocenters. The van der Waals surface area contributed by atoms with E-state index in [1.54, 1.807) is 26.8 Å². The zero-order valence-corrected chi connectivity index (χ0v) is 26.2. The van der Waals surface area contributed by atoms with Gasteiger partial charge in [0, 0.05) is 33.0 Å². The number of piperazine rings is 1. The molecule has 0 saturated carbocycles. The van der Waals surface area contributed by atoms with E-state index in [9.17, 15) is 23.6 Å². The van der Waals surface area contributed by atoms with Gasteiger partial charge in [0.05, 0.1) is 0 Å². The molecule has 0 aromatic heterocycles. The van der Waals surface area contributed by atoms with Crippen LogP contribution in [0.4, 0.5) is 9.18 Å². The van der Waals surface area contributed by atoms with E-state index >= 15 is 0 Å². The van der Waals surface area contributed by atoms with Crippen molar-refractivity contribution in [2.24, 2.45) is 0 Å². The third-order valence-electron chi connectivity index (χ3n) is 7.71. The SMILES string of the molecule is C=CC[C@H]1C(=O)N([C@@H](Cc2ccc3ccccc3c2)C(=O)NC)CCN1C(=O)[C@@H](Cc1ccc(F)cc1)NC(=O)OC(C)(C)C. The molecule has 1 saturated heterocycles. The first-order valence-electron chi connectivity index (χ1n) is 15.0. The van der Waals surface area contributed by atoms with Crippen molar-refractivity contribution in [3.8, 4) is 0 Å². The standard InChI is InChI=1S/C35H41FN4O5/c1-6-9-29-33(43)40(30(31(41)37-5)22-24-12-15-25-10-7-8-11-26(25)20-24)19-18-39(29)32(42)28(38-34(44)45-35(2,3)4)21-23-13-16-27(36)17-14-23/h6-8,10-17,20,28-30H,1,9,18-19,21-22H2,2-5H3,(H,37,41)(H,38,44)/t28-,29+,30+/m1/s1. The summed E-state index contributed by atoms with van der Waals surface area (Å²) in [5, 5.41) is 7.45.